The van der Waals surface area contributed by atoms with Crippen molar-refractivity contribution in [3.63, 3.8) is 0 Å². The summed E-state index contributed by atoms with van der Waals surface area (Å²) in [5.41, 5.74) is 0.369. The zero-order valence-corrected chi connectivity index (χ0v) is 10.6. The molecule has 0 unspecified atom stereocenters. The molecule has 0 radical (unpaired) electrons. The third-order valence-electron chi connectivity index (χ3n) is 2.91. The lowest BCUT2D eigenvalue weighted by Gasteiger charge is -2.33. The highest BCUT2D eigenvalue weighted by molar-refractivity contribution is 7.89. The third kappa shape index (κ3) is 2.15. The smallest absolute Gasteiger partial charge is 0.243 e. The molecular weight excluding hydrogens is 252 g/mol. The fraction of sp³-hybridized carbons (Fsp3) is 0.333. The summed E-state index contributed by atoms with van der Waals surface area (Å²) in [7, 11) is -3.57. The molecule has 1 aliphatic heterocycles. The molecule has 18 heavy (non-hydrogen) atoms. The molecule has 2 rings (SSSR count). The van der Waals surface area contributed by atoms with Crippen molar-refractivity contribution in [2.24, 2.45) is 5.92 Å². The van der Waals surface area contributed by atoms with E-state index in [4.69, 9.17) is 5.26 Å². The Morgan fingerprint density at radius 3 is 2.67 bits per heavy atom. The highest BCUT2D eigenvalue weighted by atomic mass is 32.2. The first-order valence-corrected chi connectivity index (χ1v) is 6.90. The number of Topliss-reactive ketones (excluding diaryl/α,β-unsaturated/α-hetero) is 1. The molecule has 0 aliphatic carbocycles. The summed E-state index contributed by atoms with van der Waals surface area (Å²) in [6, 6.07) is 7.98. The van der Waals surface area contributed by atoms with Crippen molar-refractivity contribution >= 4 is 15.8 Å². The summed E-state index contributed by atoms with van der Waals surface area (Å²) >= 11 is 0. The number of ketones is 1. The van der Waals surface area contributed by atoms with E-state index < -0.39 is 10.0 Å². The number of benzene rings is 1. The van der Waals surface area contributed by atoms with Crippen LogP contribution in [0.5, 0.6) is 0 Å². The molecule has 1 aromatic rings. The van der Waals surface area contributed by atoms with Gasteiger partial charge < -0.3 is 0 Å². The van der Waals surface area contributed by atoms with E-state index in [2.05, 4.69) is 0 Å². The SMILES string of the molecule is CC(=O)c1cccc(S(=O)(=O)N2CC(C#N)C2)c1. The Kier molecular flexibility index (Phi) is 3.20. The van der Waals surface area contributed by atoms with Crippen LogP contribution >= 0.6 is 0 Å². The highest BCUT2D eigenvalue weighted by Gasteiger charge is 2.36. The second kappa shape index (κ2) is 4.52. The van der Waals surface area contributed by atoms with E-state index in [0.717, 1.165) is 0 Å². The van der Waals surface area contributed by atoms with Crippen LogP contribution in [0.2, 0.25) is 0 Å². The number of carbonyl (C=O) groups excluding carboxylic acids is 1. The highest BCUT2D eigenvalue weighted by Crippen LogP contribution is 2.25. The van der Waals surface area contributed by atoms with Crippen molar-refractivity contribution in [2.75, 3.05) is 13.1 Å². The standard InChI is InChI=1S/C12H12N2O3S/c1-9(15)11-3-2-4-12(5-11)18(16,17)14-7-10(6-13)8-14/h2-5,10H,7-8H2,1H3. The van der Waals surface area contributed by atoms with Crippen molar-refractivity contribution in [2.45, 2.75) is 11.8 Å². The van der Waals surface area contributed by atoms with Gasteiger partial charge in [-0.3, -0.25) is 4.79 Å². The van der Waals surface area contributed by atoms with Crippen molar-refractivity contribution in [3.05, 3.63) is 29.8 Å². The molecule has 0 saturated carbocycles. The first-order valence-electron chi connectivity index (χ1n) is 5.46. The Balaban J connectivity index is 2.29. The number of rotatable bonds is 3. The maximum atomic E-state index is 12.2. The van der Waals surface area contributed by atoms with Gasteiger partial charge in [-0.05, 0) is 19.1 Å². The van der Waals surface area contributed by atoms with Crippen LogP contribution in [0.15, 0.2) is 29.2 Å². The molecule has 0 spiro atoms. The van der Waals surface area contributed by atoms with E-state index in [9.17, 15) is 13.2 Å². The molecule has 0 aromatic heterocycles. The number of sulfonamides is 1. The zero-order chi connectivity index (χ0) is 13.3. The second-order valence-corrected chi connectivity index (χ2v) is 6.17. The first kappa shape index (κ1) is 12.7. The van der Waals surface area contributed by atoms with Gasteiger partial charge in [0.1, 0.15) is 0 Å². The average Bonchev–Trinajstić information content (AvgIpc) is 2.27. The summed E-state index contributed by atoms with van der Waals surface area (Å²) in [6.07, 6.45) is 0. The van der Waals surface area contributed by atoms with Gasteiger partial charge in [0, 0.05) is 18.7 Å². The maximum absolute atomic E-state index is 12.2. The minimum absolute atomic E-state index is 0.103. The van der Waals surface area contributed by atoms with Crippen molar-refractivity contribution in [3.8, 4) is 6.07 Å². The molecule has 0 atom stereocenters. The lowest BCUT2D eigenvalue weighted by Crippen LogP contribution is -2.49. The lowest BCUT2D eigenvalue weighted by molar-refractivity contribution is 0.101. The Labute approximate surface area is 106 Å². The quantitative estimate of drug-likeness (QED) is 0.764. The third-order valence-corrected chi connectivity index (χ3v) is 4.74. The van der Waals surface area contributed by atoms with E-state index in [1.165, 1.54) is 23.4 Å². The van der Waals surface area contributed by atoms with Crippen LogP contribution < -0.4 is 0 Å². The molecule has 5 nitrogen and oxygen atoms in total. The van der Waals surface area contributed by atoms with E-state index in [0.29, 0.717) is 5.56 Å². The molecule has 1 heterocycles. The van der Waals surface area contributed by atoms with Gasteiger partial charge >= 0.3 is 0 Å². The summed E-state index contributed by atoms with van der Waals surface area (Å²) in [6.45, 7) is 1.84. The summed E-state index contributed by atoms with van der Waals surface area (Å²) in [4.78, 5) is 11.3. The van der Waals surface area contributed by atoms with Crippen LogP contribution in [0, 0.1) is 17.2 Å². The van der Waals surface area contributed by atoms with Crippen LogP contribution in [0.3, 0.4) is 0 Å². The van der Waals surface area contributed by atoms with Gasteiger partial charge in [-0.2, -0.15) is 9.57 Å². The predicted octanol–water partition coefficient (Wildman–Crippen LogP) is 1.03. The van der Waals surface area contributed by atoms with Crippen molar-refractivity contribution in [1.82, 2.24) is 4.31 Å². The van der Waals surface area contributed by atoms with Gasteiger partial charge in [0.05, 0.1) is 16.9 Å². The van der Waals surface area contributed by atoms with Gasteiger partial charge in [0.2, 0.25) is 10.0 Å². The first-order chi connectivity index (χ1) is 8.45. The Bertz CT molecular complexity index is 625. The Morgan fingerprint density at radius 1 is 1.44 bits per heavy atom. The van der Waals surface area contributed by atoms with Crippen LogP contribution in [0.1, 0.15) is 17.3 Å². The Morgan fingerprint density at radius 2 is 2.11 bits per heavy atom. The van der Waals surface area contributed by atoms with Crippen molar-refractivity contribution < 1.29 is 13.2 Å². The largest absolute Gasteiger partial charge is 0.295 e. The van der Waals surface area contributed by atoms with Gasteiger partial charge in [0.15, 0.2) is 5.78 Å². The number of nitrogens with zero attached hydrogens (tertiary/aromatic N) is 2. The summed E-state index contributed by atoms with van der Waals surface area (Å²) in [5.74, 6) is -0.402. The van der Waals surface area contributed by atoms with Gasteiger partial charge in [-0.25, -0.2) is 8.42 Å². The lowest BCUT2D eigenvalue weighted by atomic mass is 10.1. The van der Waals surface area contributed by atoms with Gasteiger partial charge in [-0.1, -0.05) is 12.1 Å². The van der Waals surface area contributed by atoms with Crippen molar-refractivity contribution in [1.29, 1.82) is 5.26 Å². The van der Waals surface area contributed by atoms with Crippen LogP contribution in [0.25, 0.3) is 0 Å². The van der Waals surface area contributed by atoms with E-state index in [1.807, 2.05) is 6.07 Å². The summed E-state index contributed by atoms with van der Waals surface area (Å²) in [5, 5.41) is 8.64. The number of nitriles is 1. The molecule has 1 fully saturated rings. The monoisotopic (exact) mass is 264 g/mol. The Hall–Kier alpha value is -1.71. The molecule has 0 amide bonds. The number of hydrogen-bond donors (Lipinski definition) is 0. The molecule has 1 aromatic carbocycles. The molecule has 6 heteroatoms. The topological polar surface area (TPSA) is 78.2 Å². The molecule has 94 valence electrons. The molecule has 1 aliphatic rings. The maximum Gasteiger partial charge on any atom is 0.243 e. The zero-order valence-electron chi connectivity index (χ0n) is 9.83. The molecular formula is C12H12N2O3S. The second-order valence-electron chi connectivity index (χ2n) is 4.23. The fourth-order valence-electron chi connectivity index (χ4n) is 1.74. The number of carbonyl (C=O) groups is 1. The molecule has 1 saturated heterocycles. The van der Waals surface area contributed by atoms with Crippen LogP contribution in [0.4, 0.5) is 0 Å². The minimum Gasteiger partial charge on any atom is -0.295 e. The van der Waals surface area contributed by atoms with E-state index in [-0.39, 0.29) is 29.7 Å². The molecule has 0 N–H and O–H groups in total. The van der Waals surface area contributed by atoms with Crippen LogP contribution in [-0.2, 0) is 10.0 Å². The van der Waals surface area contributed by atoms with Gasteiger partial charge in [0.25, 0.3) is 0 Å². The molecule has 0 bridgehead atoms. The normalized spacial score (nSPS) is 16.9. The minimum atomic E-state index is -3.57. The van der Waals surface area contributed by atoms with E-state index in [1.54, 1.807) is 12.1 Å². The summed E-state index contributed by atoms with van der Waals surface area (Å²) < 4.78 is 25.6. The number of hydrogen-bond acceptors (Lipinski definition) is 4. The predicted molar refractivity (Wildman–Crippen MR) is 64.3 cm³/mol. The van der Waals surface area contributed by atoms with Crippen LogP contribution in [-0.4, -0.2) is 31.6 Å². The average molecular weight is 264 g/mol. The fourth-order valence-corrected chi connectivity index (χ4v) is 3.32. The van der Waals surface area contributed by atoms with E-state index >= 15 is 0 Å². The van der Waals surface area contributed by atoms with Gasteiger partial charge in [-0.15, -0.1) is 0 Å².